The van der Waals surface area contributed by atoms with Crippen molar-refractivity contribution in [3.63, 3.8) is 0 Å². The summed E-state index contributed by atoms with van der Waals surface area (Å²) in [7, 11) is 0. The van der Waals surface area contributed by atoms with Crippen molar-refractivity contribution in [2.24, 2.45) is 9.98 Å². The molecule has 0 bridgehead atoms. The molecule has 206 valence electrons. The molecule has 0 amide bonds. The number of aliphatic imine (C=N–C) groups is 2. The molecule has 4 heterocycles. The SMILES string of the molecule is CC1(C)COC(c2ccc(-c3ccc4ccc5c(-c6ccc(C7=NC(C)(C)CO7)nc6)ccc6ccc3c4c65)cn2)=N1. The molecule has 8 rings (SSSR count). The standard InChI is InChI=1S/C36H30N4O2/c1-35(2)19-41-33(39-35)29-15-9-23(17-37-29)25-11-5-21-8-14-28-26(12-6-22-7-13-27(25)31(21)32(22)28)24-10-16-30(38-18-24)34-40-36(3,4)20-42-34/h5-18H,19-20H2,1-4H3. The monoisotopic (exact) mass is 550 g/mol. The zero-order valence-electron chi connectivity index (χ0n) is 24.1. The Morgan fingerprint density at radius 1 is 0.524 bits per heavy atom. The molecule has 42 heavy (non-hydrogen) atoms. The normalized spacial score (nSPS) is 17.4. The molecule has 6 nitrogen and oxygen atoms in total. The highest BCUT2D eigenvalue weighted by atomic mass is 16.5. The van der Waals surface area contributed by atoms with Crippen molar-refractivity contribution in [1.82, 2.24) is 9.97 Å². The van der Waals surface area contributed by atoms with Crippen molar-refractivity contribution >= 4 is 44.1 Å². The fraction of sp³-hybridized carbons (Fsp3) is 0.222. The van der Waals surface area contributed by atoms with Gasteiger partial charge in [-0.3, -0.25) is 9.97 Å². The fourth-order valence-corrected chi connectivity index (χ4v) is 6.10. The first-order chi connectivity index (χ1) is 20.2. The van der Waals surface area contributed by atoms with Gasteiger partial charge in [-0.15, -0.1) is 0 Å². The predicted molar refractivity (Wildman–Crippen MR) is 170 cm³/mol. The summed E-state index contributed by atoms with van der Waals surface area (Å²) in [5.74, 6) is 1.23. The minimum atomic E-state index is -0.213. The number of ether oxygens (including phenoxy) is 2. The van der Waals surface area contributed by atoms with Crippen LogP contribution in [0.2, 0.25) is 0 Å². The summed E-state index contributed by atoms with van der Waals surface area (Å²) in [5.41, 5.74) is 5.54. The van der Waals surface area contributed by atoms with E-state index in [0.717, 1.165) is 33.6 Å². The molecular weight excluding hydrogens is 520 g/mol. The van der Waals surface area contributed by atoms with Gasteiger partial charge in [-0.1, -0.05) is 60.7 Å². The lowest BCUT2D eigenvalue weighted by Gasteiger charge is -2.16. The van der Waals surface area contributed by atoms with Crippen LogP contribution in [-0.2, 0) is 9.47 Å². The molecule has 4 aromatic carbocycles. The number of nitrogens with zero attached hydrogens (tertiary/aromatic N) is 4. The van der Waals surface area contributed by atoms with Gasteiger partial charge in [0.05, 0.1) is 11.1 Å². The number of hydrogen-bond donors (Lipinski definition) is 0. The Morgan fingerprint density at radius 2 is 0.952 bits per heavy atom. The van der Waals surface area contributed by atoms with Gasteiger partial charge in [0.2, 0.25) is 11.8 Å². The van der Waals surface area contributed by atoms with E-state index in [4.69, 9.17) is 19.4 Å². The van der Waals surface area contributed by atoms with Crippen LogP contribution in [-0.4, -0.2) is 46.1 Å². The first-order valence-corrected chi connectivity index (χ1v) is 14.3. The Morgan fingerprint density at radius 3 is 1.31 bits per heavy atom. The number of benzene rings is 4. The van der Waals surface area contributed by atoms with Crippen molar-refractivity contribution in [2.45, 2.75) is 38.8 Å². The molecule has 2 aliphatic heterocycles. The molecule has 0 saturated heterocycles. The van der Waals surface area contributed by atoms with E-state index in [0.29, 0.717) is 25.0 Å². The molecule has 0 aliphatic carbocycles. The summed E-state index contributed by atoms with van der Waals surface area (Å²) in [6.45, 7) is 9.42. The maximum atomic E-state index is 5.81. The van der Waals surface area contributed by atoms with E-state index < -0.39 is 0 Å². The predicted octanol–water partition coefficient (Wildman–Crippen LogP) is 7.82. The maximum Gasteiger partial charge on any atom is 0.236 e. The van der Waals surface area contributed by atoms with E-state index in [1.807, 2.05) is 24.5 Å². The molecule has 0 N–H and O–H groups in total. The van der Waals surface area contributed by atoms with E-state index in [1.54, 1.807) is 0 Å². The molecule has 0 saturated carbocycles. The minimum Gasteiger partial charge on any atom is -0.474 e. The Labute approximate surface area is 244 Å². The van der Waals surface area contributed by atoms with Crippen LogP contribution in [0.15, 0.2) is 95.2 Å². The third-order valence-corrected chi connectivity index (χ3v) is 8.18. The molecule has 6 aromatic rings. The highest BCUT2D eigenvalue weighted by Crippen LogP contribution is 2.42. The lowest BCUT2D eigenvalue weighted by atomic mass is 9.87. The van der Waals surface area contributed by atoms with E-state index in [1.165, 1.54) is 32.3 Å². The summed E-state index contributed by atoms with van der Waals surface area (Å²) < 4.78 is 11.6. The molecule has 0 spiro atoms. The maximum absolute atomic E-state index is 5.81. The van der Waals surface area contributed by atoms with Gasteiger partial charge in [0, 0.05) is 23.5 Å². The summed E-state index contributed by atoms with van der Waals surface area (Å²) in [4.78, 5) is 18.8. The first kappa shape index (κ1) is 24.9. The summed E-state index contributed by atoms with van der Waals surface area (Å²) in [5, 5.41) is 7.38. The Hall–Kier alpha value is -4.84. The highest BCUT2D eigenvalue weighted by molar-refractivity contribution is 6.27. The average molecular weight is 551 g/mol. The molecule has 0 fully saturated rings. The summed E-state index contributed by atoms with van der Waals surface area (Å²) >= 11 is 0. The van der Waals surface area contributed by atoms with Crippen molar-refractivity contribution in [3.8, 4) is 22.3 Å². The van der Waals surface area contributed by atoms with Crippen molar-refractivity contribution in [3.05, 3.63) is 96.6 Å². The van der Waals surface area contributed by atoms with Crippen LogP contribution in [0.4, 0.5) is 0 Å². The smallest absolute Gasteiger partial charge is 0.236 e. The van der Waals surface area contributed by atoms with Gasteiger partial charge in [0.15, 0.2) is 0 Å². The molecule has 2 aromatic heterocycles. The zero-order valence-corrected chi connectivity index (χ0v) is 24.1. The van der Waals surface area contributed by atoms with Crippen LogP contribution in [0.3, 0.4) is 0 Å². The second kappa shape index (κ2) is 8.83. The van der Waals surface area contributed by atoms with Gasteiger partial charge in [-0.2, -0.15) is 0 Å². The van der Waals surface area contributed by atoms with Crippen molar-refractivity contribution in [1.29, 1.82) is 0 Å². The summed E-state index contributed by atoms with van der Waals surface area (Å²) in [6, 6.07) is 26.0. The van der Waals surface area contributed by atoms with Crippen molar-refractivity contribution < 1.29 is 9.47 Å². The number of rotatable bonds is 4. The fourth-order valence-electron chi connectivity index (χ4n) is 6.10. The van der Waals surface area contributed by atoms with Gasteiger partial charge < -0.3 is 9.47 Å². The van der Waals surface area contributed by atoms with Crippen LogP contribution < -0.4 is 0 Å². The first-order valence-electron chi connectivity index (χ1n) is 14.3. The topological polar surface area (TPSA) is 69.0 Å². The molecule has 0 radical (unpaired) electrons. The Balaban J connectivity index is 1.22. The molecule has 6 heteroatoms. The zero-order chi connectivity index (χ0) is 28.6. The van der Waals surface area contributed by atoms with E-state index in [-0.39, 0.29) is 11.1 Å². The van der Waals surface area contributed by atoms with Gasteiger partial charge in [0.1, 0.15) is 24.6 Å². The van der Waals surface area contributed by atoms with E-state index >= 15 is 0 Å². The Bertz CT molecular complexity index is 1920. The van der Waals surface area contributed by atoms with Crippen LogP contribution in [0.5, 0.6) is 0 Å². The molecule has 0 atom stereocenters. The van der Waals surface area contributed by atoms with E-state index in [9.17, 15) is 0 Å². The lowest BCUT2D eigenvalue weighted by molar-refractivity contribution is 0.279. The van der Waals surface area contributed by atoms with Crippen LogP contribution in [0.25, 0.3) is 54.6 Å². The van der Waals surface area contributed by atoms with E-state index in [2.05, 4.69) is 98.3 Å². The number of aromatic nitrogens is 2. The second-order valence-corrected chi connectivity index (χ2v) is 12.5. The van der Waals surface area contributed by atoms with Gasteiger partial charge in [-0.25, -0.2) is 9.98 Å². The Kier molecular flexibility index (Phi) is 5.24. The van der Waals surface area contributed by atoms with Crippen LogP contribution in [0, 0.1) is 0 Å². The molecule has 0 unspecified atom stereocenters. The molecule has 2 aliphatic rings. The van der Waals surface area contributed by atoms with Gasteiger partial charge in [0.25, 0.3) is 0 Å². The highest BCUT2D eigenvalue weighted by Gasteiger charge is 2.28. The molecular formula is C36H30N4O2. The number of pyridine rings is 2. The van der Waals surface area contributed by atoms with Crippen LogP contribution in [0.1, 0.15) is 39.1 Å². The van der Waals surface area contributed by atoms with Crippen LogP contribution >= 0.6 is 0 Å². The lowest BCUT2D eigenvalue weighted by Crippen LogP contribution is -2.17. The second-order valence-electron chi connectivity index (χ2n) is 12.5. The third-order valence-electron chi connectivity index (χ3n) is 8.18. The van der Waals surface area contributed by atoms with Crippen molar-refractivity contribution in [2.75, 3.05) is 13.2 Å². The third kappa shape index (κ3) is 4.01. The van der Waals surface area contributed by atoms with Gasteiger partial charge >= 0.3 is 0 Å². The minimum absolute atomic E-state index is 0.213. The average Bonchev–Trinajstić information content (AvgIpc) is 3.56. The quantitative estimate of drug-likeness (QED) is 0.210. The van der Waals surface area contributed by atoms with Gasteiger partial charge in [-0.05, 0) is 83.3 Å². The number of hydrogen-bond acceptors (Lipinski definition) is 6. The summed E-state index contributed by atoms with van der Waals surface area (Å²) in [6.07, 6.45) is 3.85. The largest absolute Gasteiger partial charge is 0.474 e.